The van der Waals surface area contributed by atoms with Crippen molar-refractivity contribution in [2.45, 2.75) is 64.0 Å². The molecule has 0 aromatic carbocycles. The molecule has 1 N–H and O–H groups in total. The van der Waals surface area contributed by atoms with Crippen molar-refractivity contribution >= 4 is 5.91 Å². The standard InChI is InChI=1S/C16H28N2O/c1-3-17-11-7-9-12(10-8-11)18(2)16(19)15-13-5-4-6-14(13)15/h11-15,17H,3-10H2,1-2H3. The highest BCUT2D eigenvalue weighted by molar-refractivity contribution is 5.82. The zero-order chi connectivity index (χ0) is 13.4. The largest absolute Gasteiger partial charge is 0.343 e. The van der Waals surface area contributed by atoms with Crippen LogP contribution in [0.1, 0.15) is 51.9 Å². The van der Waals surface area contributed by atoms with E-state index >= 15 is 0 Å². The number of hydrogen-bond donors (Lipinski definition) is 1. The maximum Gasteiger partial charge on any atom is 0.226 e. The third-order valence-electron chi connectivity index (χ3n) is 5.78. The molecule has 0 bridgehead atoms. The maximum absolute atomic E-state index is 12.5. The molecule has 0 aliphatic heterocycles. The monoisotopic (exact) mass is 264 g/mol. The predicted molar refractivity (Wildman–Crippen MR) is 76.8 cm³/mol. The van der Waals surface area contributed by atoms with Crippen LogP contribution in [0.4, 0.5) is 0 Å². The Kier molecular flexibility index (Phi) is 3.84. The van der Waals surface area contributed by atoms with Crippen molar-refractivity contribution in [3.63, 3.8) is 0 Å². The second-order valence-corrected chi connectivity index (χ2v) is 6.80. The summed E-state index contributed by atoms with van der Waals surface area (Å²) in [6.07, 6.45) is 8.80. The van der Waals surface area contributed by atoms with Gasteiger partial charge in [0.1, 0.15) is 0 Å². The summed E-state index contributed by atoms with van der Waals surface area (Å²) in [5.41, 5.74) is 0. The smallest absolute Gasteiger partial charge is 0.226 e. The average Bonchev–Trinajstić information content (AvgIpc) is 2.91. The minimum atomic E-state index is 0.408. The number of nitrogens with zero attached hydrogens (tertiary/aromatic N) is 1. The van der Waals surface area contributed by atoms with Crippen LogP contribution in [-0.4, -0.2) is 36.5 Å². The van der Waals surface area contributed by atoms with Crippen LogP contribution in [0.5, 0.6) is 0 Å². The molecule has 19 heavy (non-hydrogen) atoms. The van der Waals surface area contributed by atoms with Gasteiger partial charge in [-0.1, -0.05) is 13.3 Å². The number of nitrogens with one attached hydrogen (secondary N) is 1. The van der Waals surface area contributed by atoms with Crippen molar-refractivity contribution in [1.29, 1.82) is 0 Å². The molecular formula is C16H28N2O. The molecule has 3 nitrogen and oxygen atoms in total. The van der Waals surface area contributed by atoms with Crippen LogP contribution in [0.15, 0.2) is 0 Å². The number of fused-ring (bicyclic) bond motifs is 1. The second kappa shape index (κ2) is 5.43. The second-order valence-electron chi connectivity index (χ2n) is 6.80. The Morgan fingerprint density at radius 3 is 2.32 bits per heavy atom. The van der Waals surface area contributed by atoms with Gasteiger partial charge in [-0.15, -0.1) is 0 Å². The lowest BCUT2D eigenvalue weighted by atomic mass is 9.90. The molecule has 108 valence electrons. The first kappa shape index (κ1) is 13.4. The minimum absolute atomic E-state index is 0.408. The van der Waals surface area contributed by atoms with Crippen molar-refractivity contribution in [1.82, 2.24) is 10.2 Å². The molecule has 1 amide bonds. The first-order valence-electron chi connectivity index (χ1n) is 8.22. The minimum Gasteiger partial charge on any atom is -0.343 e. The molecule has 0 radical (unpaired) electrons. The molecule has 3 heteroatoms. The fourth-order valence-corrected chi connectivity index (χ4v) is 4.56. The van der Waals surface area contributed by atoms with Crippen LogP contribution >= 0.6 is 0 Å². The quantitative estimate of drug-likeness (QED) is 0.845. The van der Waals surface area contributed by atoms with Crippen molar-refractivity contribution in [2.75, 3.05) is 13.6 Å². The first-order chi connectivity index (χ1) is 9.22. The highest BCUT2D eigenvalue weighted by atomic mass is 16.2. The summed E-state index contributed by atoms with van der Waals surface area (Å²) in [5.74, 6) is 2.38. The topological polar surface area (TPSA) is 32.3 Å². The fourth-order valence-electron chi connectivity index (χ4n) is 4.56. The summed E-state index contributed by atoms with van der Waals surface area (Å²) in [6.45, 7) is 3.24. The molecule has 0 aromatic heterocycles. The van der Waals surface area contributed by atoms with Crippen LogP contribution in [0.25, 0.3) is 0 Å². The van der Waals surface area contributed by atoms with Gasteiger partial charge in [0.05, 0.1) is 0 Å². The maximum atomic E-state index is 12.5. The van der Waals surface area contributed by atoms with Gasteiger partial charge in [0, 0.05) is 25.0 Å². The van der Waals surface area contributed by atoms with E-state index in [4.69, 9.17) is 0 Å². The van der Waals surface area contributed by atoms with Crippen LogP contribution in [0.2, 0.25) is 0 Å². The summed E-state index contributed by atoms with van der Waals surface area (Å²) in [7, 11) is 2.05. The highest BCUT2D eigenvalue weighted by Crippen LogP contribution is 2.58. The molecule has 3 fully saturated rings. The van der Waals surface area contributed by atoms with Crippen LogP contribution < -0.4 is 5.32 Å². The van der Waals surface area contributed by atoms with Gasteiger partial charge in [0.25, 0.3) is 0 Å². The van der Waals surface area contributed by atoms with E-state index in [1.165, 1.54) is 44.9 Å². The van der Waals surface area contributed by atoms with Crippen molar-refractivity contribution in [2.24, 2.45) is 17.8 Å². The summed E-state index contributed by atoms with van der Waals surface area (Å²) >= 11 is 0. The van der Waals surface area contributed by atoms with E-state index in [0.717, 1.165) is 18.4 Å². The number of carbonyl (C=O) groups is 1. The number of amides is 1. The molecule has 0 saturated heterocycles. The van der Waals surface area contributed by atoms with E-state index in [1.807, 2.05) is 0 Å². The van der Waals surface area contributed by atoms with Crippen molar-refractivity contribution < 1.29 is 4.79 Å². The van der Waals surface area contributed by atoms with Crippen LogP contribution in [0, 0.1) is 17.8 Å². The van der Waals surface area contributed by atoms with Gasteiger partial charge < -0.3 is 10.2 Å². The summed E-state index contributed by atoms with van der Waals surface area (Å²) < 4.78 is 0. The zero-order valence-electron chi connectivity index (χ0n) is 12.4. The number of rotatable bonds is 4. The third-order valence-corrected chi connectivity index (χ3v) is 5.78. The van der Waals surface area contributed by atoms with Crippen LogP contribution in [-0.2, 0) is 4.79 Å². The Morgan fingerprint density at radius 1 is 1.11 bits per heavy atom. The van der Waals surface area contributed by atoms with Crippen LogP contribution in [0.3, 0.4) is 0 Å². The Balaban J connectivity index is 1.48. The van der Waals surface area contributed by atoms with E-state index in [1.54, 1.807) is 0 Å². The van der Waals surface area contributed by atoms with Gasteiger partial charge in [-0.2, -0.15) is 0 Å². The molecule has 2 unspecified atom stereocenters. The van der Waals surface area contributed by atoms with E-state index < -0.39 is 0 Å². The Labute approximate surface area is 117 Å². The van der Waals surface area contributed by atoms with E-state index in [2.05, 4.69) is 24.2 Å². The van der Waals surface area contributed by atoms with Gasteiger partial charge in [0.2, 0.25) is 5.91 Å². The first-order valence-corrected chi connectivity index (χ1v) is 8.22. The Morgan fingerprint density at radius 2 is 1.74 bits per heavy atom. The molecule has 3 aliphatic carbocycles. The lowest BCUT2D eigenvalue weighted by Crippen LogP contribution is -2.44. The van der Waals surface area contributed by atoms with E-state index in [-0.39, 0.29) is 0 Å². The summed E-state index contributed by atoms with van der Waals surface area (Å²) in [5, 5.41) is 3.54. The normalized spacial score (nSPS) is 40.8. The molecule has 0 aromatic rings. The van der Waals surface area contributed by atoms with Gasteiger partial charge in [-0.25, -0.2) is 0 Å². The molecule has 0 heterocycles. The van der Waals surface area contributed by atoms with Gasteiger partial charge in [0.15, 0.2) is 0 Å². The molecule has 3 rings (SSSR count). The number of carbonyl (C=O) groups excluding carboxylic acids is 1. The Bertz CT molecular complexity index is 326. The lowest BCUT2D eigenvalue weighted by molar-refractivity contribution is -0.134. The van der Waals surface area contributed by atoms with Gasteiger partial charge in [-0.05, 0) is 56.9 Å². The highest BCUT2D eigenvalue weighted by Gasteiger charge is 2.57. The average molecular weight is 264 g/mol. The van der Waals surface area contributed by atoms with E-state index in [0.29, 0.717) is 23.9 Å². The van der Waals surface area contributed by atoms with Gasteiger partial charge >= 0.3 is 0 Å². The van der Waals surface area contributed by atoms with Crippen molar-refractivity contribution in [3.05, 3.63) is 0 Å². The van der Waals surface area contributed by atoms with Crippen molar-refractivity contribution in [3.8, 4) is 0 Å². The zero-order valence-corrected chi connectivity index (χ0v) is 12.4. The molecular weight excluding hydrogens is 236 g/mol. The Hall–Kier alpha value is -0.570. The molecule has 0 spiro atoms. The van der Waals surface area contributed by atoms with Gasteiger partial charge in [-0.3, -0.25) is 4.79 Å². The SMILES string of the molecule is CCNC1CCC(N(C)C(=O)C2C3CCCC32)CC1. The summed E-state index contributed by atoms with van der Waals surface area (Å²) in [4.78, 5) is 14.6. The lowest BCUT2D eigenvalue weighted by Gasteiger charge is -2.35. The number of hydrogen-bond acceptors (Lipinski definition) is 2. The molecule has 3 saturated carbocycles. The molecule has 2 atom stereocenters. The molecule has 3 aliphatic rings. The third kappa shape index (κ3) is 2.54. The predicted octanol–water partition coefficient (Wildman–Crippen LogP) is 2.41. The van der Waals surface area contributed by atoms with E-state index in [9.17, 15) is 4.79 Å². The fraction of sp³-hybridized carbons (Fsp3) is 0.938. The summed E-state index contributed by atoms with van der Waals surface area (Å²) in [6, 6.07) is 1.19.